The van der Waals surface area contributed by atoms with Crippen LogP contribution in [0.4, 0.5) is 11.4 Å². The highest BCUT2D eigenvalue weighted by atomic mass is 35.5. The number of benzene rings is 2. The Hall–Kier alpha value is -2.86. The molecule has 7 heteroatoms. The number of nitrogens with zero attached hydrogens (tertiary/aromatic N) is 2. The van der Waals surface area contributed by atoms with Crippen molar-refractivity contribution in [2.24, 2.45) is 5.92 Å². The maximum absolute atomic E-state index is 12.5. The van der Waals surface area contributed by atoms with Crippen LogP contribution in [0, 0.1) is 5.92 Å². The number of fused-ring (bicyclic) bond motifs is 1. The Morgan fingerprint density at radius 3 is 2.84 bits per heavy atom. The van der Waals surface area contributed by atoms with Gasteiger partial charge in [0, 0.05) is 29.4 Å². The van der Waals surface area contributed by atoms with Gasteiger partial charge in [-0.05, 0) is 42.5 Å². The fourth-order valence-corrected chi connectivity index (χ4v) is 3.14. The number of halogens is 1. The summed E-state index contributed by atoms with van der Waals surface area (Å²) in [7, 11) is 0. The first-order chi connectivity index (χ1) is 12.1. The lowest BCUT2D eigenvalue weighted by Gasteiger charge is -2.16. The molecule has 1 aromatic heterocycles. The number of imidazole rings is 1. The molecule has 2 amide bonds. The Labute approximate surface area is 148 Å². The van der Waals surface area contributed by atoms with E-state index in [-0.39, 0.29) is 24.2 Å². The molecule has 25 heavy (non-hydrogen) atoms. The van der Waals surface area contributed by atoms with E-state index in [1.54, 1.807) is 41.6 Å². The summed E-state index contributed by atoms with van der Waals surface area (Å²) < 4.78 is 0. The van der Waals surface area contributed by atoms with E-state index < -0.39 is 0 Å². The number of aromatic nitrogens is 2. The first-order valence-electron chi connectivity index (χ1n) is 7.90. The molecule has 126 valence electrons. The van der Waals surface area contributed by atoms with E-state index >= 15 is 0 Å². The second-order valence-electron chi connectivity index (χ2n) is 6.01. The molecular formula is C18H15ClN4O2. The van der Waals surface area contributed by atoms with Crippen LogP contribution < -0.4 is 10.2 Å². The van der Waals surface area contributed by atoms with Crippen LogP contribution in [0.2, 0.25) is 5.02 Å². The van der Waals surface area contributed by atoms with E-state index in [1.807, 2.05) is 12.1 Å². The van der Waals surface area contributed by atoms with E-state index in [0.717, 1.165) is 16.7 Å². The molecule has 0 unspecified atom stereocenters. The fraction of sp³-hybridized carbons (Fsp3) is 0.167. The molecule has 1 saturated heterocycles. The third-order valence-corrected chi connectivity index (χ3v) is 4.57. The average molecular weight is 355 g/mol. The average Bonchev–Trinajstić information content (AvgIpc) is 3.22. The zero-order chi connectivity index (χ0) is 17.4. The van der Waals surface area contributed by atoms with Gasteiger partial charge >= 0.3 is 0 Å². The van der Waals surface area contributed by atoms with Crippen molar-refractivity contribution in [1.29, 1.82) is 0 Å². The summed E-state index contributed by atoms with van der Waals surface area (Å²) >= 11 is 5.88. The zero-order valence-corrected chi connectivity index (χ0v) is 14.0. The Balaban J connectivity index is 1.47. The van der Waals surface area contributed by atoms with Crippen molar-refractivity contribution in [2.75, 3.05) is 16.8 Å². The Morgan fingerprint density at radius 2 is 2.04 bits per heavy atom. The molecule has 0 spiro atoms. The molecule has 1 fully saturated rings. The predicted octanol–water partition coefficient (Wildman–Crippen LogP) is 3.21. The van der Waals surface area contributed by atoms with Crippen LogP contribution in [0.3, 0.4) is 0 Å². The summed E-state index contributed by atoms with van der Waals surface area (Å²) in [5.74, 6) is -0.615. The maximum Gasteiger partial charge on any atom is 0.229 e. The van der Waals surface area contributed by atoms with Crippen molar-refractivity contribution < 1.29 is 9.59 Å². The third kappa shape index (κ3) is 3.08. The summed E-state index contributed by atoms with van der Waals surface area (Å²) in [5, 5.41) is 3.49. The largest absolute Gasteiger partial charge is 0.345 e. The quantitative estimate of drug-likeness (QED) is 0.758. The molecule has 2 aromatic carbocycles. The molecule has 0 aliphatic carbocycles. The number of hydrogen-bond donors (Lipinski definition) is 2. The summed E-state index contributed by atoms with van der Waals surface area (Å²) in [6.45, 7) is 0.360. The topological polar surface area (TPSA) is 78.1 Å². The minimum absolute atomic E-state index is 0.0634. The van der Waals surface area contributed by atoms with Gasteiger partial charge < -0.3 is 15.2 Å². The van der Waals surface area contributed by atoms with Crippen molar-refractivity contribution in [1.82, 2.24) is 9.97 Å². The first kappa shape index (κ1) is 15.7. The van der Waals surface area contributed by atoms with Gasteiger partial charge in [0.15, 0.2) is 0 Å². The zero-order valence-electron chi connectivity index (χ0n) is 13.2. The third-order valence-electron chi connectivity index (χ3n) is 4.32. The van der Waals surface area contributed by atoms with Gasteiger partial charge in [-0.1, -0.05) is 11.6 Å². The van der Waals surface area contributed by atoms with Crippen molar-refractivity contribution in [3.8, 4) is 0 Å². The van der Waals surface area contributed by atoms with Crippen LogP contribution in [-0.2, 0) is 9.59 Å². The number of amides is 2. The molecule has 0 bridgehead atoms. The lowest BCUT2D eigenvalue weighted by Crippen LogP contribution is -2.28. The lowest BCUT2D eigenvalue weighted by atomic mass is 10.1. The predicted molar refractivity (Wildman–Crippen MR) is 96.6 cm³/mol. The highest BCUT2D eigenvalue weighted by Gasteiger charge is 2.35. The molecule has 3 aromatic rings. The van der Waals surface area contributed by atoms with E-state index in [9.17, 15) is 9.59 Å². The van der Waals surface area contributed by atoms with E-state index in [2.05, 4.69) is 15.3 Å². The van der Waals surface area contributed by atoms with Crippen LogP contribution in [0.25, 0.3) is 11.0 Å². The Bertz CT molecular complexity index is 951. The normalized spacial score (nSPS) is 17.2. The van der Waals surface area contributed by atoms with E-state index in [0.29, 0.717) is 17.3 Å². The smallest absolute Gasteiger partial charge is 0.229 e. The number of rotatable bonds is 3. The van der Waals surface area contributed by atoms with Gasteiger partial charge in [-0.3, -0.25) is 9.59 Å². The van der Waals surface area contributed by atoms with Crippen LogP contribution >= 0.6 is 11.6 Å². The van der Waals surface area contributed by atoms with Crippen molar-refractivity contribution in [3.05, 3.63) is 53.8 Å². The van der Waals surface area contributed by atoms with Crippen molar-refractivity contribution in [3.63, 3.8) is 0 Å². The second-order valence-corrected chi connectivity index (χ2v) is 6.44. The number of H-pyrrole nitrogens is 1. The number of carbonyl (C=O) groups excluding carboxylic acids is 2. The van der Waals surface area contributed by atoms with Crippen LogP contribution in [0.5, 0.6) is 0 Å². The molecule has 0 radical (unpaired) electrons. The van der Waals surface area contributed by atoms with Gasteiger partial charge in [-0.2, -0.15) is 0 Å². The molecule has 4 rings (SSSR count). The van der Waals surface area contributed by atoms with E-state index in [4.69, 9.17) is 11.6 Å². The van der Waals surface area contributed by atoms with Crippen molar-refractivity contribution >= 4 is 45.8 Å². The fourth-order valence-electron chi connectivity index (χ4n) is 3.01. The molecule has 1 aliphatic heterocycles. The highest BCUT2D eigenvalue weighted by Crippen LogP contribution is 2.27. The van der Waals surface area contributed by atoms with Crippen LogP contribution in [0.1, 0.15) is 6.42 Å². The summed E-state index contributed by atoms with van der Waals surface area (Å²) in [6, 6.07) is 12.5. The lowest BCUT2D eigenvalue weighted by molar-refractivity contribution is -0.122. The van der Waals surface area contributed by atoms with Gasteiger partial charge in [0.05, 0.1) is 23.3 Å². The first-order valence-corrected chi connectivity index (χ1v) is 8.28. The minimum atomic E-state index is -0.388. The summed E-state index contributed by atoms with van der Waals surface area (Å²) in [6.07, 6.45) is 1.80. The maximum atomic E-state index is 12.5. The molecule has 0 saturated carbocycles. The SMILES string of the molecule is O=C(Nc1ccc2nc[nH]c2c1)[C@@H]1CC(=O)N(c2ccc(Cl)cc2)C1. The molecule has 6 nitrogen and oxygen atoms in total. The number of carbonyl (C=O) groups is 2. The molecule has 2 N–H and O–H groups in total. The summed E-state index contributed by atoms with van der Waals surface area (Å²) in [5.41, 5.74) is 3.12. The molecule has 1 atom stereocenters. The number of anilines is 2. The monoisotopic (exact) mass is 354 g/mol. The second kappa shape index (κ2) is 6.22. The van der Waals surface area contributed by atoms with Gasteiger partial charge in [0.1, 0.15) is 0 Å². The van der Waals surface area contributed by atoms with Crippen molar-refractivity contribution in [2.45, 2.75) is 6.42 Å². The molecule has 2 heterocycles. The standard InChI is InChI=1S/C18H15ClN4O2/c19-12-1-4-14(5-2-12)23-9-11(7-17(23)24)18(25)22-13-3-6-15-16(8-13)21-10-20-15/h1-6,8,10-11H,7,9H2,(H,20,21)(H,22,25)/t11-/m1/s1. The number of hydrogen-bond acceptors (Lipinski definition) is 3. The highest BCUT2D eigenvalue weighted by molar-refractivity contribution is 6.30. The molecular weight excluding hydrogens is 340 g/mol. The van der Waals surface area contributed by atoms with Gasteiger partial charge in [0.2, 0.25) is 11.8 Å². The number of nitrogens with one attached hydrogen (secondary N) is 2. The van der Waals surface area contributed by atoms with Crippen LogP contribution in [0.15, 0.2) is 48.8 Å². The Kier molecular flexibility index (Phi) is 3.89. The van der Waals surface area contributed by atoms with Gasteiger partial charge in [-0.25, -0.2) is 4.98 Å². The van der Waals surface area contributed by atoms with E-state index in [1.165, 1.54) is 0 Å². The van der Waals surface area contributed by atoms with Gasteiger partial charge in [0.25, 0.3) is 0 Å². The number of aromatic amines is 1. The Morgan fingerprint density at radius 1 is 1.24 bits per heavy atom. The minimum Gasteiger partial charge on any atom is -0.345 e. The van der Waals surface area contributed by atoms with Crippen LogP contribution in [-0.4, -0.2) is 28.3 Å². The van der Waals surface area contributed by atoms with Gasteiger partial charge in [-0.15, -0.1) is 0 Å². The molecule has 1 aliphatic rings. The summed E-state index contributed by atoms with van der Waals surface area (Å²) in [4.78, 5) is 33.6.